The van der Waals surface area contributed by atoms with Gasteiger partial charge in [-0.05, 0) is 18.2 Å². The summed E-state index contributed by atoms with van der Waals surface area (Å²) >= 11 is 0. The number of nitrogens with one attached hydrogen (secondary N) is 2. The van der Waals surface area contributed by atoms with E-state index in [0.29, 0.717) is 17.9 Å². The third-order valence-electron chi connectivity index (χ3n) is 3.29. The average Bonchev–Trinajstić information content (AvgIpc) is 2.89. The maximum atomic E-state index is 9.19. The number of nitrogens with two attached hydrogens (primary N) is 1. The predicted molar refractivity (Wildman–Crippen MR) is 79.1 cm³/mol. The van der Waals surface area contributed by atoms with Crippen molar-refractivity contribution < 1.29 is 5.11 Å². The van der Waals surface area contributed by atoms with Crippen molar-refractivity contribution in [3.8, 4) is 0 Å². The van der Waals surface area contributed by atoms with Crippen LogP contribution in [0.1, 0.15) is 18.3 Å². The molecule has 104 valence electrons. The predicted octanol–water partition coefficient (Wildman–Crippen LogP) is 1.30. The van der Waals surface area contributed by atoms with Gasteiger partial charge in [0.25, 0.3) is 0 Å². The van der Waals surface area contributed by atoms with Crippen LogP contribution in [0, 0.1) is 0 Å². The zero-order chi connectivity index (χ0) is 14.1. The molecule has 0 bridgehead atoms. The summed E-state index contributed by atoms with van der Waals surface area (Å²) in [5.74, 6) is 1.25. The molecular formula is C14H17N5O. The van der Waals surface area contributed by atoms with Gasteiger partial charge in [0, 0.05) is 5.39 Å². The summed E-state index contributed by atoms with van der Waals surface area (Å²) in [4.78, 5) is 12.2. The molecule has 0 fully saturated rings. The maximum Gasteiger partial charge on any atom is 0.152 e. The Kier molecular flexibility index (Phi) is 3.25. The number of nitrogens with zero attached hydrogens (tertiary/aromatic N) is 2. The summed E-state index contributed by atoms with van der Waals surface area (Å²) in [7, 11) is 0. The summed E-state index contributed by atoms with van der Waals surface area (Å²) < 4.78 is 0. The molecule has 3 rings (SSSR count). The van der Waals surface area contributed by atoms with Gasteiger partial charge in [0.1, 0.15) is 11.3 Å². The molecule has 0 saturated heterocycles. The van der Waals surface area contributed by atoms with Crippen LogP contribution in [0.5, 0.6) is 0 Å². The quantitative estimate of drug-likeness (QED) is 0.573. The van der Waals surface area contributed by atoms with Crippen molar-refractivity contribution >= 4 is 27.8 Å². The Hall–Kier alpha value is -2.18. The van der Waals surface area contributed by atoms with Crippen LogP contribution in [0.4, 0.5) is 5.82 Å². The lowest BCUT2D eigenvalue weighted by molar-refractivity contribution is 0.282. The third kappa shape index (κ3) is 2.09. The molecule has 6 nitrogen and oxygen atoms in total. The zero-order valence-electron chi connectivity index (χ0n) is 11.3. The van der Waals surface area contributed by atoms with Crippen LogP contribution in [0.25, 0.3) is 21.9 Å². The standard InChI is InChI=1S/C14H17N5O/c1-2-16-6-11-18-12-9-4-3-8(7-20)5-10(9)17-14(15)13(12)19-11/h3-5,16,20H,2,6-7H2,1H3,(H2,15,17)(H,18,19). The number of fused-ring (bicyclic) bond motifs is 3. The number of anilines is 1. The minimum Gasteiger partial charge on any atom is -0.392 e. The molecule has 0 spiro atoms. The van der Waals surface area contributed by atoms with E-state index in [1.165, 1.54) is 0 Å². The number of pyridine rings is 1. The summed E-state index contributed by atoms with van der Waals surface area (Å²) in [6, 6.07) is 5.66. The SMILES string of the molecule is CCNCc1nc2c(N)nc3cc(CO)ccc3c2[nH]1. The molecule has 2 heterocycles. The van der Waals surface area contributed by atoms with Crippen molar-refractivity contribution in [3.05, 3.63) is 29.6 Å². The Morgan fingerprint density at radius 1 is 1.35 bits per heavy atom. The van der Waals surface area contributed by atoms with Gasteiger partial charge in [0.05, 0.1) is 24.2 Å². The van der Waals surface area contributed by atoms with Crippen LogP contribution in [-0.4, -0.2) is 26.6 Å². The number of nitrogen functional groups attached to an aromatic ring is 1. The summed E-state index contributed by atoms with van der Waals surface area (Å²) in [5, 5.41) is 13.4. The van der Waals surface area contributed by atoms with Gasteiger partial charge >= 0.3 is 0 Å². The Morgan fingerprint density at radius 3 is 2.95 bits per heavy atom. The average molecular weight is 271 g/mol. The van der Waals surface area contributed by atoms with Gasteiger partial charge < -0.3 is 21.1 Å². The van der Waals surface area contributed by atoms with E-state index in [1.807, 2.05) is 25.1 Å². The van der Waals surface area contributed by atoms with Gasteiger partial charge in [0.2, 0.25) is 0 Å². The number of hydrogen-bond donors (Lipinski definition) is 4. The number of aromatic nitrogens is 3. The Labute approximate surface area is 116 Å². The van der Waals surface area contributed by atoms with Crippen molar-refractivity contribution in [1.29, 1.82) is 0 Å². The van der Waals surface area contributed by atoms with Crippen LogP contribution in [0.2, 0.25) is 0 Å². The lowest BCUT2D eigenvalue weighted by Gasteiger charge is -2.03. The lowest BCUT2D eigenvalue weighted by atomic mass is 10.1. The molecule has 0 aliphatic rings. The van der Waals surface area contributed by atoms with E-state index in [0.717, 1.165) is 34.4 Å². The molecule has 0 atom stereocenters. The second-order valence-corrected chi connectivity index (χ2v) is 4.69. The lowest BCUT2D eigenvalue weighted by Crippen LogP contribution is -2.12. The van der Waals surface area contributed by atoms with Gasteiger partial charge in [-0.15, -0.1) is 0 Å². The molecule has 0 radical (unpaired) electrons. The van der Waals surface area contributed by atoms with Gasteiger partial charge in [-0.1, -0.05) is 19.1 Å². The molecule has 0 aliphatic carbocycles. The fourth-order valence-corrected chi connectivity index (χ4v) is 2.29. The fourth-order valence-electron chi connectivity index (χ4n) is 2.29. The first-order chi connectivity index (χ1) is 9.72. The Balaban J connectivity index is 2.21. The highest BCUT2D eigenvalue weighted by atomic mass is 16.3. The number of H-pyrrole nitrogens is 1. The van der Waals surface area contributed by atoms with Crippen molar-refractivity contribution in [2.24, 2.45) is 0 Å². The van der Waals surface area contributed by atoms with E-state index < -0.39 is 0 Å². The molecule has 0 saturated carbocycles. The van der Waals surface area contributed by atoms with E-state index in [2.05, 4.69) is 20.3 Å². The number of aliphatic hydroxyl groups excluding tert-OH is 1. The van der Waals surface area contributed by atoms with E-state index >= 15 is 0 Å². The first-order valence-corrected chi connectivity index (χ1v) is 6.61. The number of rotatable bonds is 4. The molecule has 5 N–H and O–H groups in total. The van der Waals surface area contributed by atoms with Crippen LogP contribution < -0.4 is 11.1 Å². The van der Waals surface area contributed by atoms with Crippen LogP contribution >= 0.6 is 0 Å². The van der Waals surface area contributed by atoms with Crippen molar-refractivity contribution in [1.82, 2.24) is 20.3 Å². The third-order valence-corrected chi connectivity index (χ3v) is 3.29. The number of imidazole rings is 1. The molecule has 0 aliphatic heterocycles. The van der Waals surface area contributed by atoms with E-state index in [9.17, 15) is 5.11 Å². The molecule has 1 aromatic carbocycles. The zero-order valence-corrected chi connectivity index (χ0v) is 11.3. The monoisotopic (exact) mass is 271 g/mol. The topological polar surface area (TPSA) is 99.8 Å². The number of aromatic amines is 1. The van der Waals surface area contributed by atoms with Crippen LogP contribution in [-0.2, 0) is 13.2 Å². The van der Waals surface area contributed by atoms with Gasteiger partial charge in [0.15, 0.2) is 5.82 Å². The fraction of sp³-hybridized carbons (Fsp3) is 0.286. The van der Waals surface area contributed by atoms with Crippen LogP contribution in [0.15, 0.2) is 18.2 Å². The van der Waals surface area contributed by atoms with Crippen molar-refractivity contribution in [2.45, 2.75) is 20.1 Å². The van der Waals surface area contributed by atoms with E-state index in [-0.39, 0.29) is 6.61 Å². The highest BCUT2D eigenvalue weighted by molar-refractivity contribution is 6.06. The number of benzene rings is 1. The molecule has 0 unspecified atom stereocenters. The highest BCUT2D eigenvalue weighted by Crippen LogP contribution is 2.26. The maximum absolute atomic E-state index is 9.19. The smallest absolute Gasteiger partial charge is 0.152 e. The molecule has 20 heavy (non-hydrogen) atoms. The van der Waals surface area contributed by atoms with Gasteiger partial charge in [-0.25, -0.2) is 9.97 Å². The first-order valence-electron chi connectivity index (χ1n) is 6.61. The largest absolute Gasteiger partial charge is 0.392 e. The van der Waals surface area contributed by atoms with Crippen molar-refractivity contribution in [2.75, 3.05) is 12.3 Å². The Bertz CT molecular complexity index is 765. The second kappa shape index (κ2) is 5.07. The Morgan fingerprint density at radius 2 is 2.20 bits per heavy atom. The summed E-state index contributed by atoms with van der Waals surface area (Å²) in [6.07, 6.45) is 0. The molecule has 6 heteroatoms. The van der Waals surface area contributed by atoms with Crippen LogP contribution in [0.3, 0.4) is 0 Å². The van der Waals surface area contributed by atoms with Crippen molar-refractivity contribution in [3.63, 3.8) is 0 Å². The summed E-state index contributed by atoms with van der Waals surface area (Å²) in [6.45, 7) is 3.58. The first kappa shape index (κ1) is 12.8. The van der Waals surface area contributed by atoms with E-state index in [1.54, 1.807) is 0 Å². The number of hydrogen-bond acceptors (Lipinski definition) is 5. The molecule has 2 aromatic heterocycles. The molecule has 0 amide bonds. The molecular weight excluding hydrogens is 254 g/mol. The van der Waals surface area contributed by atoms with Gasteiger partial charge in [-0.2, -0.15) is 0 Å². The second-order valence-electron chi connectivity index (χ2n) is 4.69. The highest BCUT2D eigenvalue weighted by Gasteiger charge is 2.11. The van der Waals surface area contributed by atoms with Gasteiger partial charge in [-0.3, -0.25) is 0 Å². The number of aliphatic hydroxyl groups is 1. The summed E-state index contributed by atoms with van der Waals surface area (Å²) in [5.41, 5.74) is 9.15. The van der Waals surface area contributed by atoms with E-state index in [4.69, 9.17) is 5.73 Å². The minimum absolute atomic E-state index is 0.00971. The normalized spacial score (nSPS) is 11.5. The molecule has 3 aromatic rings. The minimum atomic E-state index is -0.00971.